The first-order valence-electron chi connectivity index (χ1n) is 11.8. The van der Waals surface area contributed by atoms with Crippen LogP contribution in [0.5, 0.6) is 28.7 Å². The van der Waals surface area contributed by atoms with E-state index in [-0.39, 0.29) is 12.4 Å². The highest BCUT2D eigenvalue weighted by Gasteiger charge is 2.25. The van der Waals surface area contributed by atoms with Gasteiger partial charge in [-0.2, -0.15) is 0 Å². The van der Waals surface area contributed by atoms with Crippen LogP contribution >= 0.6 is 0 Å². The van der Waals surface area contributed by atoms with E-state index in [1.165, 1.54) is 5.56 Å². The predicted octanol–water partition coefficient (Wildman–Crippen LogP) is 5.79. The summed E-state index contributed by atoms with van der Waals surface area (Å²) in [6.07, 6.45) is 1.76. The molecule has 6 nitrogen and oxygen atoms in total. The maximum atomic E-state index is 13.1. The lowest BCUT2D eigenvalue weighted by molar-refractivity contribution is -0.133. The largest absolute Gasteiger partial charge is 0.493 e. The molecule has 4 aromatic carbocycles. The second-order valence-electron chi connectivity index (χ2n) is 8.65. The van der Waals surface area contributed by atoms with Gasteiger partial charge in [-0.1, -0.05) is 30.3 Å². The van der Waals surface area contributed by atoms with Crippen molar-refractivity contribution in [2.45, 2.75) is 19.3 Å². The lowest BCUT2D eigenvalue weighted by Gasteiger charge is -2.25. The number of esters is 1. The van der Waals surface area contributed by atoms with Crippen molar-refractivity contribution in [1.82, 2.24) is 0 Å². The summed E-state index contributed by atoms with van der Waals surface area (Å²) >= 11 is 0. The van der Waals surface area contributed by atoms with Crippen molar-refractivity contribution in [3.8, 4) is 39.9 Å². The van der Waals surface area contributed by atoms with E-state index in [9.17, 15) is 4.79 Å². The molecule has 0 saturated heterocycles. The molecule has 0 atom stereocenters. The van der Waals surface area contributed by atoms with Crippen LogP contribution in [0.25, 0.3) is 21.9 Å². The number of hydrogen-bond donors (Lipinski definition) is 0. The van der Waals surface area contributed by atoms with Crippen molar-refractivity contribution in [3.05, 3.63) is 77.4 Å². The molecule has 4 aromatic rings. The smallest absolute Gasteiger partial charge is 0.315 e. The maximum Gasteiger partial charge on any atom is 0.315 e. The van der Waals surface area contributed by atoms with Crippen molar-refractivity contribution in [2.75, 3.05) is 28.4 Å². The SMILES string of the molecule is COc1ccc(CC(=O)Oc2cc3cc(OC)c(OC)cc3c3c2CCc2ccccc2-3)cc1OC. The fourth-order valence-corrected chi connectivity index (χ4v) is 4.95. The van der Waals surface area contributed by atoms with Crippen molar-refractivity contribution < 1.29 is 28.5 Å². The third kappa shape index (κ3) is 4.19. The molecular weight excluding hydrogens is 456 g/mol. The third-order valence-corrected chi connectivity index (χ3v) is 6.66. The lowest BCUT2D eigenvalue weighted by Crippen LogP contribution is -2.14. The van der Waals surface area contributed by atoms with Crippen LogP contribution in [0.3, 0.4) is 0 Å². The van der Waals surface area contributed by atoms with Crippen LogP contribution in [0.4, 0.5) is 0 Å². The van der Waals surface area contributed by atoms with E-state index >= 15 is 0 Å². The van der Waals surface area contributed by atoms with Gasteiger partial charge < -0.3 is 23.7 Å². The fourth-order valence-electron chi connectivity index (χ4n) is 4.95. The summed E-state index contributed by atoms with van der Waals surface area (Å²) in [4.78, 5) is 13.1. The van der Waals surface area contributed by atoms with E-state index in [0.717, 1.165) is 45.9 Å². The Morgan fingerprint density at radius 3 is 2.14 bits per heavy atom. The zero-order chi connectivity index (χ0) is 25.2. The Kier molecular flexibility index (Phi) is 6.42. The fraction of sp³-hybridized carbons (Fsp3) is 0.233. The standard InChI is InChI=1S/C30H28O6/c1-32-24-12-9-18(13-26(24)33-2)14-29(31)36-25-15-20-16-27(34-3)28(35-4)17-23(20)30-21-8-6-5-7-19(21)10-11-22(25)30/h5-9,12-13,15-17H,10-11,14H2,1-4H3. The molecule has 0 heterocycles. The molecule has 0 amide bonds. The molecule has 0 saturated carbocycles. The van der Waals surface area contributed by atoms with Crippen LogP contribution in [-0.4, -0.2) is 34.4 Å². The molecule has 5 rings (SSSR count). The number of aryl methyl sites for hydroxylation is 1. The monoisotopic (exact) mass is 484 g/mol. The van der Waals surface area contributed by atoms with Gasteiger partial charge in [-0.15, -0.1) is 0 Å². The highest BCUT2D eigenvalue weighted by atomic mass is 16.5. The number of carbonyl (C=O) groups excluding carboxylic acids is 1. The van der Waals surface area contributed by atoms with E-state index in [1.807, 2.05) is 30.3 Å². The number of methoxy groups -OCH3 is 4. The summed E-state index contributed by atoms with van der Waals surface area (Å²) in [6.45, 7) is 0. The molecule has 0 aromatic heterocycles. The Bertz CT molecular complexity index is 1460. The first-order chi connectivity index (χ1) is 17.6. The van der Waals surface area contributed by atoms with Gasteiger partial charge in [-0.3, -0.25) is 4.79 Å². The average molecular weight is 485 g/mol. The van der Waals surface area contributed by atoms with Crippen LogP contribution in [0.1, 0.15) is 16.7 Å². The van der Waals surface area contributed by atoms with Gasteiger partial charge in [-0.25, -0.2) is 0 Å². The topological polar surface area (TPSA) is 63.2 Å². The van der Waals surface area contributed by atoms with Crippen molar-refractivity contribution in [3.63, 3.8) is 0 Å². The van der Waals surface area contributed by atoms with Crippen LogP contribution in [-0.2, 0) is 24.1 Å². The summed E-state index contributed by atoms with van der Waals surface area (Å²) in [5, 5.41) is 1.95. The van der Waals surface area contributed by atoms with Crippen molar-refractivity contribution in [1.29, 1.82) is 0 Å². The molecule has 36 heavy (non-hydrogen) atoms. The number of benzene rings is 4. The second-order valence-corrected chi connectivity index (χ2v) is 8.65. The Morgan fingerprint density at radius 2 is 1.39 bits per heavy atom. The molecule has 6 heteroatoms. The van der Waals surface area contributed by atoms with Crippen molar-refractivity contribution >= 4 is 16.7 Å². The molecule has 1 aliphatic carbocycles. The molecule has 1 aliphatic rings. The number of ether oxygens (including phenoxy) is 5. The molecule has 0 spiro atoms. The Labute approximate surface area is 210 Å². The second kappa shape index (κ2) is 9.82. The van der Waals surface area contributed by atoms with Gasteiger partial charge >= 0.3 is 5.97 Å². The minimum Gasteiger partial charge on any atom is -0.493 e. The summed E-state index contributed by atoms with van der Waals surface area (Å²) in [5.41, 5.74) is 5.30. The Balaban J connectivity index is 1.58. The molecule has 184 valence electrons. The van der Waals surface area contributed by atoms with Crippen LogP contribution in [0.2, 0.25) is 0 Å². The molecular formula is C30H28O6. The van der Waals surface area contributed by atoms with Gasteiger partial charge in [0.15, 0.2) is 23.0 Å². The summed E-state index contributed by atoms with van der Waals surface area (Å²) in [7, 11) is 6.40. The molecule has 0 fully saturated rings. The molecule has 0 aliphatic heterocycles. The summed E-state index contributed by atoms with van der Waals surface area (Å²) < 4.78 is 27.8. The zero-order valence-electron chi connectivity index (χ0n) is 20.8. The molecule has 0 N–H and O–H groups in total. The first kappa shape index (κ1) is 23.5. The van der Waals surface area contributed by atoms with Gasteiger partial charge in [-0.05, 0) is 76.2 Å². The van der Waals surface area contributed by atoms with Gasteiger partial charge in [0.05, 0.1) is 34.9 Å². The number of hydrogen-bond acceptors (Lipinski definition) is 6. The Hall–Kier alpha value is -4.19. The van der Waals surface area contributed by atoms with Crippen LogP contribution in [0.15, 0.2) is 60.7 Å². The van der Waals surface area contributed by atoms with E-state index in [0.29, 0.717) is 28.7 Å². The number of carbonyl (C=O) groups is 1. The van der Waals surface area contributed by atoms with Crippen LogP contribution in [0, 0.1) is 0 Å². The summed E-state index contributed by atoms with van der Waals surface area (Å²) in [5.74, 6) is 2.70. The average Bonchev–Trinajstić information content (AvgIpc) is 2.91. The van der Waals surface area contributed by atoms with E-state index in [1.54, 1.807) is 40.6 Å². The zero-order valence-corrected chi connectivity index (χ0v) is 20.8. The van der Waals surface area contributed by atoms with Gasteiger partial charge in [0.25, 0.3) is 0 Å². The molecule has 0 radical (unpaired) electrons. The quantitative estimate of drug-likeness (QED) is 0.245. The number of rotatable bonds is 7. The van der Waals surface area contributed by atoms with E-state index in [4.69, 9.17) is 23.7 Å². The Morgan fingerprint density at radius 1 is 0.722 bits per heavy atom. The minimum atomic E-state index is -0.344. The highest BCUT2D eigenvalue weighted by molar-refractivity contribution is 6.03. The normalized spacial score (nSPS) is 11.9. The highest BCUT2D eigenvalue weighted by Crippen LogP contribution is 2.46. The minimum absolute atomic E-state index is 0.107. The first-order valence-corrected chi connectivity index (χ1v) is 11.8. The van der Waals surface area contributed by atoms with E-state index in [2.05, 4.69) is 18.2 Å². The van der Waals surface area contributed by atoms with E-state index < -0.39 is 0 Å². The lowest BCUT2D eigenvalue weighted by atomic mass is 9.82. The number of fused-ring (bicyclic) bond motifs is 5. The summed E-state index contributed by atoms with van der Waals surface area (Å²) in [6, 6.07) is 19.7. The van der Waals surface area contributed by atoms with Gasteiger partial charge in [0.1, 0.15) is 5.75 Å². The van der Waals surface area contributed by atoms with Gasteiger partial charge in [0.2, 0.25) is 0 Å². The van der Waals surface area contributed by atoms with Crippen LogP contribution < -0.4 is 23.7 Å². The third-order valence-electron chi connectivity index (χ3n) is 6.66. The van der Waals surface area contributed by atoms with Crippen molar-refractivity contribution in [2.24, 2.45) is 0 Å². The maximum absolute atomic E-state index is 13.1. The van der Waals surface area contributed by atoms with Gasteiger partial charge in [0, 0.05) is 5.56 Å². The predicted molar refractivity (Wildman–Crippen MR) is 139 cm³/mol. The molecule has 0 bridgehead atoms. The molecule has 0 unspecified atom stereocenters.